The Morgan fingerprint density at radius 2 is 2.18 bits per heavy atom. The number of aryl methyl sites for hydroxylation is 1. The lowest BCUT2D eigenvalue weighted by molar-refractivity contribution is 0.132. The molecule has 0 amide bonds. The van der Waals surface area contributed by atoms with Gasteiger partial charge >= 0.3 is 0 Å². The summed E-state index contributed by atoms with van der Waals surface area (Å²) in [7, 11) is 0. The zero-order valence-corrected chi connectivity index (χ0v) is 12.4. The van der Waals surface area contributed by atoms with Gasteiger partial charge in [-0.2, -0.15) is 0 Å². The standard InChI is InChI=1S/C18H20N2O2/c19-9-11-22-16-3-1-2-14(12-16)4-7-18(21)8-5-17-15(13-18)6-10-20-17/h1-3,5-6,8,10,12-13,21H,4,7,9,11,19H2. The first kappa shape index (κ1) is 14.8. The van der Waals surface area contributed by atoms with Crippen molar-refractivity contribution in [3.05, 3.63) is 65.9 Å². The molecule has 0 saturated heterocycles. The lowest BCUT2D eigenvalue weighted by atomic mass is 9.87. The van der Waals surface area contributed by atoms with Gasteiger partial charge in [0, 0.05) is 18.3 Å². The first-order valence-corrected chi connectivity index (χ1v) is 7.49. The van der Waals surface area contributed by atoms with Gasteiger partial charge in [-0.1, -0.05) is 12.1 Å². The predicted octanol–water partition coefficient (Wildman–Crippen LogP) is 2.15. The second-order valence-corrected chi connectivity index (χ2v) is 5.54. The molecule has 1 aliphatic heterocycles. The Bertz CT molecular complexity index is 673. The molecule has 114 valence electrons. The number of fused-ring (bicyclic) bond motifs is 1. The van der Waals surface area contributed by atoms with Crippen molar-refractivity contribution in [3.63, 3.8) is 0 Å². The third-order valence-corrected chi connectivity index (χ3v) is 3.80. The second kappa shape index (κ2) is 6.30. The molecule has 1 heterocycles. The number of allylic oxidation sites excluding steroid dienone is 3. The molecule has 1 unspecified atom stereocenters. The summed E-state index contributed by atoms with van der Waals surface area (Å²) in [4.78, 5) is 4.22. The fraction of sp³-hybridized carbons (Fsp3) is 0.278. The monoisotopic (exact) mass is 296 g/mol. The molecule has 2 aliphatic rings. The Balaban J connectivity index is 1.65. The SMILES string of the molecule is NCCOc1cccc(CCC2(O)C=CC3=NC=CC3=C2)c1. The van der Waals surface area contributed by atoms with Crippen LogP contribution in [-0.2, 0) is 6.42 Å². The number of ether oxygens (including phenoxy) is 1. The van der Waals surface area contributed by atoms with E-state index in [9.17, 15) is 5.11 Å². The smallest absolute Gasteiger partial charge is 0.119 e. The van der Waals surface area contributed by atoms with Crippen molar-refractivity contribution in [1.82, 2.24) is 0 Å². The number of rotatable bonds is 6. The van der Waals surface area contributed by atoms with E-state index in [-0.39, 0.29) is 0 Å². The van der Waals surface area contributed by atoms with Gasteiger partial charge in [0.2, 0.25) is 0 Å². The van der Waals surface area contributed by atoms with Crippen LogP contribution < -0.4 is 10.5 Å². The lowest BCUT2D eigenvalue weighted by Crippen LogP contribution is -2.27. The highest BCUT2D eigenvalue weighted by molar-refractivity contribution is 6.13. The Hall–Kier alpha value is -2.17. The largest absolute Gasteiger partial charge is 0.492 e. The van der Waals surface area contributed by atoms with Gasteiger partial charge in [-0.05, 0) is 54.8 Å². The molecule has 4 nitrogen and oxygen atoms in total. The van der Waals surface area contributed by atoms with Crippen LogP contribution in [0.4, 0.5) is 0 Å². The first-order valence-electron chi connectivity index (χ1n) is 7.49. The number of aliphatic hydroxyl groups is 1. The predicted molar refractivity (Wildman–Crippen MR) is 88.1 cm³/mol. The van der Waals surface area contributed by atoms with E-state index in [0.29, 0.717) is 19.6 Å². The van der Waals surface area contributed by atoms with Crippen molar-refractivity contribution in [2.24, 2.45) is 10.7 Å². The Morgan fingerprint density at radius 3 is 3.05 bits per heavy atom. The second-order valence-electron chi connectivity index (χ2n) is 5.54. The lowest BCUT2D eigenvalue weighted by Gasteiger charge is -2.24. The van der Waals surface area contributed by atoms with Gasteiger partial charge in [-0.15, -0.1) is 0 Å². The Kier molecular flexibility index (Phi) is 4.22. The van der Waals surface area contributed by atoms with Gasteiger partial charge in [0.25, 0.3) is 0 Å². The van der Waals surface area contributed by atoms with E-state index < -0.39 is 5.60 Å². The van der Waals surface area contributed by atoms with Crippen LogP contribution >= 0.6 is 0 Å². The third-order valence-electron chi connectivity index (χ3n) is 3.80. The minimum absolute atomic E-state index is 0.500. The molecule has 0 aromatic heterocycles. The first-order chi connectivity index (χ1) is 10.7. The van der Waals surface area contributed by atoms with E-state index in [4.69, 9.17) is 10.5 Å². The summed E-state index contributed by atoms with van der Waals surface area (Å²) in [5.41, 5.74) is 7.57. The number of nitrogens with zero attached hydrogens (tertiary/aromatic N) is 1. The molecular formula is C18H20N2O2. The molecule has 0 saturated carbocycles. The molecule has 1 aliphatic carbocycles. The minimum Gasteiger partial charge on any atom is -0.492 e. The van der Waals surface area contributed by atoms with Crippen LogP contribution in [0.5, 0.6) is 5.75 Å². The van der Waals surface area contributed by atoms with Gasteiger partial charge in [-0.25, -0.2) is 0 Å². The topological polar surface area (TPSA) is 67.8 Å². The van der Waals surface area contributed by atoms with Crippen LogP contribution in [-0.4, -0.2) is 29.6 Å². The summed E-state index contributed by atoms with van der Waals surface area (Å²) in [5, 5.41) is 10.7. The van der Waals surface area contributed by atoms with E-state index in [1.807, 2.05) is 48.6 Å². The summed E-state index contributed by atoms with van der Waals surface area (Å²) < 4.78 is 5.53. The molecule has 4 heteroatoms. The fourth-order valence-corrected chi connectivity index (χ4v) is 2.63. The fourth-order valence-electron chi connectivity index (χ4n) is 2.63. The van der Waals surface area contributed by atoms with Crippen molar-refractivity contribution in [2.75, 3.05) is 13.2 Å². The summed E-state index contributed by atoms with van der Waals surface area (Å²) in [6, 6.07) is 7.93. The van der Waals surface area contributed by atoms with E-state index >= 15 is 0 Å². The van der Waals surface area contributed by atoms with Crippen LogP contribution in [0.2, 0.25) is 0 Å². The molecule has 0 radical (unpaired) electrons. The molecule has 0 fully saturated rings. The van der Waals surface area contributed by atoms with Crippen molar-refractivity contribution in [1.29, 1.82) is 0 Å². The third kappa shape index (κ3) is 3.35. The van der Waals surface area contributed by atoms with Crippen LogP contribution in [0.3, 0.4) is 0 Å². The Morgan fingerprint density at radius 1 is 1.27 bits per heavy atom. The van der Waals surface area contributed by atoms with E-state index in [1.54, 1.807) is 6.20 Å². The molecule has 0 bridgehead atoms. The maximum absolute atomic E-state index is 10.7. The normalized spacial score (nSPS) is 22.3. The number of benzene rings is 1. The van der Waals surface area contributed by atoms with Gasteiger partial charge in [0.05, 0.1) is 5.71 Å². The van der Waals surface area contributed by atoms with Crippen LogP contribution in [0.25, 0.3) is 0 Å². The summed E-state index contributed by atoms with van der Waals surface area (Å²) in [5.74, 6) is 0.820. The summed E-state index contributed by atoms with van der Waals surface area (Å²) in [6.07, 6.45) is 10.6. The van der Waals surface area contributed by atoms with Crippen molar-refractivity contribution in [3.8, 4) is 5.75 Å². The minimum atomic E-state index is -0.919. The van der Waals surface area contributed by atoms with Crippen LogP contribution in [0.1, 0.15) is 12.0 Å². The molecular weight excluding hydrogens is 276 g/mol. The highest BCUT2D eigenvalue weighted by Gasteiger charge is 2.26. The highest BCUT2D eigenvalue weighted by Crippen LogP contribution is 2.27. The highest BCUT2D eigenvalue weighted by atomic mass is 16.5. The molecule has 0 spiro atoms. The van der Waals surface area contributed by atoms with Gasteiger partial charge < -0.3 is 15.6 Å². The number of aliphatic imine (C=N–C) groups is 1. The number of hydrogen-bond acceptors (Lipinski definition) is 4. The number of hydrogen-bond donors (Lipinski definition) is 2. The van der Waals surface area contributed by atoms with Gasteiger partial charge in [0.15, 0.2) is 0 Å². The van der Waals surface area contributed by atoms with Crippen LogP contribution in [0, 0.1) is 0 Å². The van der Waals surface area contributed by atoms with Crippen molar-refractivity contribution < 1.29 is 9.84 Å². The molecule has 1 atom stereocenters. The van der Waals surface area contributed by atoms with Crippen molar-refractivity contribution >= 4 is 5.71 Å². The average molecular weight is 296 g/mol. The Labute approximate surface area is 130 Å². The van der Waals surface area contributed by atoms with Gasteiger partial charge in [-0.3, -0.25) is 4.99 Å². The van der Waals surface area contributed by atoms with E-state index in [2.05, 4.69) is 4.99 Å². The van der Waals surface area contributed by atoms with Gasteiger partial charge in [0.1, 0.15) is 18.0 Å². The molecule has 1 aromatic carbocycles. The van der Waals surface area contributed by atoms with Crippen molar-refractivity contribution in [2.45, 2.75) is 18.4 Å². The quantitative estimate of drug-likeness (QED) is 0.845. The maximum atomic E-state index is 10.7. The number of nitrogens with two attached hydrogens (primary N) is 1. The van der Waals surface area contributed by atoms with E-state index in [0.717, 1.165) is 29.0 Å². The molecule has 3 rings (SSSR count). The maximum Gasteiger partial charge on any atom is 0.119 e. The zero-order chi connectivity index (χ0) is 15.4. The molecule has 1 aromatic rings. The molecule has 22 heavy (non-hydrogen) atoms. The summed E-state index contributed by atoms with van der Waals surface area (Å²) >= 11 is 0. The van der Waals surface area contributed by atoms with Crippen LogP contribution in [0.15, 0.2) is 65.3 Å². The summed E-state index contributed by atoms with van der Waals surface area (Å²) in [6.45, 7) is 1.01. The average Bonchev–Trinajstić information content (AvgIpc) is 2.98. The van der Waals surface area contributed by atoms with E-state index in [1.165, 1.54) is 0 Å². The molecule has 3 N–H and O–H groups in total. The zero-order valence-electron chi connectivity index (χ0n) is 12.4.